The molecule has 2 saturated carbocycles. The first-order valence-electron chi connectivity index (χ1n) is 16.2. The first kappa shape index (κ1) is 36.6. The van der Waals surface area contributed by atoms with E-state index >= 15 is 0 Å². The fourth-order valence-corrected chi connectivity index (χ4v) is 6.12. The third kappa shape index (κ3) is 9.11. The molecule has 0 atom stereocenters. The molecule has 248 valence electrons. The zero-order valence-corrected chi connectivity index (χ0v) is 31.9. The Bertz CT molecular complexity index is 2030. The maximum absolute atomic E-state index is 11.5. The van der Waals surface area contributed by atoms with Crippen molar-refractivity contribution in [3.63, 3.8) is 0 Å². The number of carboxylic acids is 1. The van der Waals surface area contributed by atoms with Crippen LogP contribution in [0, 0.1) is 25.7 Å². The van der Waals surface area contributed by atoms with Crippen molar-refractivity contribution in [3.05, 3.63) is 112 Å². The molecule has 0 amide bonds. The summed E-state index contributed by atoms with van der Waals surface area (Å²) in [5.41, 5.74) is 9.10. The largest absolute Gasteiger partial charge is 1.00 e. The summed E-state index contributed by atoms with van der Waals surface area (Å²) in [6.07, 6.45) is 5.37. The molecule has 1 aliphatic heterocycles. The number of methoxy groups -OCH3 is 1. The van der Waals surface area contributed by atoms with Gasteiger partial charge in [0.15, 0.2) is 0 Å². The zero-order valence-electron chi connectivity index (χ0n) is 29.3. The predicted molar refractivity (Wildman–Crippen MR) is 191 cm³/mol. The van der Waals surface area contributed by atoms with Gasteiger partial charge >= 0.3 is 41.5 Å². The Kier molecular flexibility index (Phi) is 12.2. The van der Waals surface area contributed by atoms with Crippen LogP contribution in [-0.2, 0) is 17.8 Å². The number of carboxylic acid groups (broad SMARTS) is 1. The van der Waals surface area contributed by atoms with Crippen molar-refractivity contribution in [3.8, 4) is 11.4 Å². The van der Waals surface area contributed by atoms with Crippen LogP contribution >= 0.6 is 15.9 Å². The molecule has 0 radical (unpaired) electrons. The van der Waals surface area contributed by atoms with Crippen molar-refractivity contribution < 1.29 is 50.4 Å². The zero-order chi connectivity index (χ0) is 33.8. The van der Waals surface area contributed by atoms with Gasteiger partial charge in [0.1, 0.15) is 5.69 Å². The molecule has 4 heterocycles. The quantitative estimate of drug-likeness (QED) is 0.143. The molecule has 2 aliphatic carbocycles. The fraction of sp³-hybridized carbons (Fsp3) is 0.316. The van der Waals surface area contributed by atoms with Crippen molar-refractivity contribution in [2.45, 2.75) is 52.6 Å². The van der Waals surface area contributed by atoms with E-state index in [2.05, 4.69) is 30.9 Å². The smallest absolute Gasteiger partial charge is 1.00 e. The van der Waals surface area contributed by atoms with Crippen LogP contribution in [0.5, 0.6) is 0 Å². The number of pyridine rings is 2. The summed E-state index contributed by atoms with van der Waals surface area (Å²) in [5.74, 6) is 0.469. The number of hydrogen-bond acceptors (Lipinski definition) is 7. The number of aliphatic imine (C=N–C) groups is 1. The topological polar surface area (TPSA) is 120 Å². The number of hydrogen-bond donors (Lipinski definition) is 1. The van der Waals surface area contributed by atoms with E-state index < -0.39 is 5.97 Å². The van der Waals surface area contributed by atoms with Crippen LogP contribution in [0.4, 0.5) is 0 Å². The summed E-state index contributed by atoms with van der Waals surface area (Å²) in [6, 6.07) is 22.5. The maximum Gasteiger partial charge on any atom is 1.00 e. The monoisotopic (exact) mass is 731 g/mol. The predicted octanol–water partition coefficient (Wildman–Crippen LogP) is 4.95. The number of nitrogens with zero attached hydrogens (tertiary/aromatic N) is 5. The summed E-state index contributed by atoms with van der Waals surface area (Å²) < 4.78 is 6.68. The minimum absolute atomic E-state index is 0. The van der Waals surface area contributed by atoms with Gasteiger partial charge in [-0.15, -0.1) is 0 Å². The van der Waals surface area contributed by atoms with E-state index in [4.69, 9.17) is 9.84 Å². The van der Waals surface area contributed by atoms with Crippen LogP contribution in [0.3, 0.4) is 0 Å². The van der Waals surface area contributed by atoms with Gasteiger partial charge in [-0.25, -0.2) is 9.59 Å². The van der Waals surface area contributed by atoms with Crippen LogP contribution in [-0.4, -0.2) is 54.9 Å². The molecule has 1 N–H and O–H groups in total. The minimum atomic E-state index is -0.915. The summed E-state index contributed by atoms with van der Waals surface area (Å²) in [4.78, 5) is 36.4. The Morgan fingerprint density at radius 3 is 2.14 bits per heavy atom. The third-order valence-corrected chi connectivity index (χ3v) is 9.41. The molecule has 2 aromatic carbocycles. The van der Waals surface area contributed by atoms with E-state index in [0.717, 1.165) is 68.7 Å². The number of alkyl halides is 1. The number of rotatable bonds is 7. The number of carbonyl (C=O) groups is 2. The molecule has 0 saturated heterocycles. The van der Waals surface area contributed by atoms with Crippen molar-refractivity contribution in [1.82, 2.24) is 19.7 Å². The molecule has 3 aliphatic rings. The van der Waals surface area contributed by atoms with Gasteiger partial charge in [0.05, 0.1) is 47.4 Å². The Hall–Kier alpha value is -3.70. The molecule has 3 aromatic heterocycles. The molecule has 0 bridgehead atoms. The van der Waals surface area contributed by atoms with E-state index in [1.807, 2.05) is 73.1 Å². The van der Waals surface area contributed by atoms with E-state index in [0.29, 0.717) is 18.0 Å². The molecular formula is C38H39BrN5NaO4. The standard InChI is InChI=1S/C18H17N3O2.C16H14N2O2.C4H7Br.Na.H/c1-11-3-2-4-15(19-11)17-14-8-7-13(18(22)23)9-16(14)21(20-17)10-12-5-6-12;1-10-4-3-5-14(18-10)15-13-7-6-11(16(19)20-2)8-12(13)9-17-15;5-3-4-1-2-4;;/h2-4,7-9,12H,5-6,10H2,1H3,(H,22,23);3-8H,9H2,1-2H3;4H,1-3H2;;/q;;;+1;-1. The molecule has 49 heavy (non-hydrogen) atoms. The summed E-state index contributed by atoms with van der Waals surface area (Å²) in [7, 11) is 1.38. The first-order valence-corrected chi connectivity index (χ1v) is 17.3. The molecule has 5 aromatic rings. The van der Waals surface area contributed by atoms with Crippen molar-refractivity contribution in [1.29, 1.82) is 0 Å². The number of aromatic nitrogens is 4. The van der Waals surface area contributed by atoms with Crippen LogP contribution in [0.25, 0.3) is 22.3 Å². The van der Waals surface area contributed by atoms with E-state index in [-0.39, 0.29) is 42.5 Å². The van der Waals surface area contributed by atoms with Gasteiger partial charge in [0.2, 0.25) is 0 Å². The first-order chi connectivity index (χ1) is 23.2. The Balaban J connectivity index is 0.000000192. The summed E-state index contributed by atoms with van der Waals surface area (Å²) >= 11 is 3.38. The van der Waals surface area contributed by atoms with Crippen LogP contribution in [0.15, 0.2) is 77.8 Å². The molecular weight excluding hydrogens is 693 g/mol. The number of carbonyl (C=O) groups excluding carboxylic acids is 1. The second-order valence-electron chi connectivity index (χ2n) is 12.5. The Labute approximate surface area is 318 Å². The van der Waals surface area contributed by atoms with Crippen molar-refractivity contribution in [2.24, 2.45) is 16.8 Å². The van der Waals surface area contributed by atoms with Gasteiger partial charge in [0.25, 0.3) is 0 Å². The van der Waals surface area contributed by atoms with Gasteiger partial charge in [-0.1, -0.05) is 34.1 Å². The molecule has 11 heteroatoms. The number of ether oxygens (including phenoxy) is 1. The van der Waals surface area contributed by atoms with Gasteiger partial charge < -0.3 is 11.3 Å². The number of aromatic carboxylic acids is 1. The minimum Gasteiger partial charge on any atom is -1.00 e. The van der Waals surface area contributed by atoms with Gasteiger partial charge in [-0.2, -0.15) is 5.10 Å². The molecule has 9 nitrogen and oxygen atoms in total. The van der Waals surface area contributed by atoms with E-state index in [9.17, 15) is 14.7 Å². The maximum atomic E-state index is 11.5. The van der Waals surface area contributed by atoms with Gasteiger partial charge in [0, 0.05) is 34.2 Å². The number of aryl methyl sites for hydroxylation is 2. The van der Waals surface area contributed by atoms with Gasteiger partial charge in [-0.05, 0) is 112 Å². The average molecular weight is 733 g/mol. The Morgan fingerprint density at radius 2 is 1.55 bits per heavy atom. The summed E-state index contributed by atoms with van der Waals surface area (Å²) in [5, 5.41) is 16.2. The number of fused-ring (bicyclic) bond motifs is 2. The third-order valence-electron chi connectivity index (χ3n) is 8.49. The van der Waals surface area contributed by atoms with E-state index in [1.165, 1.54) is 38.1 Å². The normalized spacial score (nSPS) is 14.3. The molecule has 0 spiro atoms. The number of benzene rings is 2. The van der Waals surface area contributed by atoms with Crippen molar-refractivity contribution >= 4 is 44.5 Å². The second-order valence-corrected chi connectivity index (χ2v) is 13.1. The molecule has 8 rings (SSSR count). The van der Waals surface area contributed by atoms with Crippen LogP contribution in [0.2, 0.25) is 0 Å². The van der Waals surface area contributed by atoms with Crippen molar-refractivity contribution in [2.75, 3.05) is 12.4 Å². The Morgan fingerprint density at radius 1 is 0.898 bits per heavy atom. The molecule has 0 unspecified atom stereocenters. The average Bonchev–Trinajstić information content (AvgIpc) is 4.03. The number of esters is 1. The van der Waals surface area contributed by atoms with Crippen LogP contribution in [0.1, 0.15) is 76.0 Å². The van der Waals surface area contributed by atoms with Gasteiger partial charge in [-0.3, -0.25) is 19.6 Å². The second kappa shape index (κ2) is 16.3. The SMILES string of the molecule is BrCC1CC1.COC(=O)c1ccc2c(c1)CN=C2c1cccc(C)n1.Cc1cccc(-c2nn(CC3CC3)c3cc(C(=O)O)ccc23)n1.[H-].[Na+]. The van der Waals surface area contributed by atoms with E-state index in [1.54, 1.807) is 18.2 Å². The fourth-order valence-electron chi connectivity index (χ4n) is 5.47. The van der Waals surface area contributed by atoms with Crippen LogP contribution < -0.4 is 29.6 Å². The number of halogens is 1. The molecule has 2 fully saturated rings. The summed E-state index contributed by atoms with van der Waals surface area (Å²) in [6.45, 7) is 5.33.